The number of hydrogen-bond donors (Lipinski definition) is 2. The van der Waals surface area contributed by atoms with E-state index < -0.39 is 10.0 Å². The average Bonchev–Trinajstić information content (AvgIpc) is 3.14. The third kappa shape index (κ3) is 3.59. The summed E-state index contributed by atoms with van der Waals surface area (Å²) in [6, 6.07) is 6.67. The van der Waals surface area contributed by atoms with Gasteiger partial charge in [-0.3, -0.25) is 4.79 Å². The van der Waals surface area contributed by atoms with Gasteiger partial charge in [-0.25, -0.2) is 0 Å². The average molecular weight is 350 g/mol. The summed E-state index contributed by atoms with van der Waals surface area (Å²) in [6.45, 7) is 2.78. The summed E-state index contributed by atoms with van der Waals surface area (Å²) in [5.74, 6) is 0.813. The number of rotatable bonds is 5. The summed E-state index contributed by atoms with van der Waals surface area (Å²) in [5.41, 5.74) is 0.546. The van der Waals surface area contributed by atoms with Crippen LogP contribution in [0.5, 0.6) is 0 Å². The van der Waals surface area contributed by atoms with Crippen LogP contribution in [0, 0.1) is 5.92 Å². The Hall–Kier alpha value is -1.93. The fourth-order valence-electron chi connectivity index (χ4n) is 3.09. The number of amidine groups is 1. The van der Waals surface area contributed by atoms with Crippen molar-refractivity contribution < 1.29 is 13.2 Å². The van der Waals surface area contributed by atoms with Crippen LogP contribution in [-0.4, -0.2) is 58.3 Å². The van der Waals surface area contributed by atoms with E-state index in [1.807, 2.05) is 0 Å². The van der Waals surface area contributed by atoms with E-state index >= 15 is 0 Å². The molecule has 3 rings (SSSR count). The minimum Gasteiger partial charge on any atom is -0.355 e. The van der Waals surface area contributed by atoms with Crippen molar-refractivity contribution in [1.29, 1.82) is 0 Å². The molecule has 1 saturated heterocycles. The quantitative estimate of drug-likeness (QED) is 0.791. The number of amides is 1. The van der Waals surface area contributed by atoms with Gasteiger partial charge in [-0.05, 0) is 44.0 Å². The Morgan fingerprint density at radius 3 is 2.96 bits per heavy atom. The molecule has 2 aliphatic heterocycles. The zero-order valence-corrected chi connectivity index (χ0v) is 14.5. The summed E-state index contributed by atoms with van der Waals surface area (Å²) in [7, 11) is -1.98. The molecule has 0 spiro atoms. The van der Waals surface area contributed by atoms with Crippen molar-refractivity contribution in [3.05, 3.63) is 29.8 Å². The van der Waals surface area contributed by atoms with Crippen molar-refractivity contribution in [3.8, 4) is 0 Å². The van der Waals surface area contributed by atoms with Gasteiger partial charge in [0.15, 0.2) is 5.84 Å². The maximum atomic E-state index is 12.1. The number of sulfonamides is 1. The zero-order chi connectivity index (χ0) is 17.2. The topological polar surface area (TPSA) is 90.9 Å². The molecule has 1 aromatic rings. The first-order valence-electron chi connectivity index (χ1n) is 8.10. The molecule has 0 aromatic heterocycles. The van der Waals surface area contributed by atoms with Gasteiger partial charge in [0.2, 0.25) is 5.91 Å². The van der Waals surface area contributed by atoms with E-state index in [1.165, 1.54) is 6.07 Å². The lowest BCUT2D eigenvalue weighted by Gasteiger charge is -2.18. The zero-order valence-electron chi connectivity index (χ0n) is 13.7. The molecule has 0 bridgehead atoms. The number of hydrogen-bond acceptors (Lipinski definition) is 5. The highest BCUT2D eigenvalue weighted by Gasteiger charge is 2.30. The summed E-state index contributed by atoms with van der Waals surface area (Å²) < 4.78 is 27.9. The van der Waals surface area contributed by atoms with Gasteiger partial charge in [0.1, 0.15) is 4.90 Å². The van der Waals surface area contributed by atoms with Crippen LogP contribution in [-0.2, 0) is 14.8 Å². The molecule has 0 saturated carbocycles. The van der Waals surface area contributed by atoms with Gasteiger partial charge < -0.3 is 15.5 Å². The minimum absolute atomic E-state index is 0.0750. The molecule has 7 nitrogen and oxygen atoms in total. The number of benzene rings is 1. The lowest BCUT2D eigenvalue weighted by molar-refractivity contribution is -0.121. The van der Waals surface area contributed by atoms with Crippen molar-refractivity contribution in [2.75, 3.05) is 33.2 Å². The van der Waals surface area contributed by atoms with Gasteiger partial charge in [-0.1, -0.05) is 12.1 Å². The molecular formula is C16H22N4O3S. The van der Waals surface area contributed by atoms with E-state index in [0.717, 1.165) is 25.9 Å². The van der Waals surface area contributed by atoms with E-state index in [0.29, 0.717) is 23.9 Å². The smallest absolute Gasteiger partial charge is 0.285 e. The molecule has 0 radical (unpaired) electrons. The number of nitrogens with zero attached hydrogens (tertiary/aromatic N) is 2. The van der Waals surface area contributed by atoms with Crippen LogP contribution in [0.15, 0.2) is 33.6 Å². The Morgan fingerprint density at radius 1 is 1.42 bits per heavy atom. The molecular weight excluding hydrogens is 328 g/mol. The van der Waals surface area contributed by atoms with Crippen LogP contribution >= 0.6 is 0 Å². The minimum atomic E-state index is -3.66. The van der Waals surface area contributed by atoms with E-state index in [-0.39, 0.29) is 17.3 Å². The van der Waals surface area contributed by atoms with E-state index in [1.54, 1.807) is 30.1 Å². The first-order valence-corrected chi connectivity index (χ1v) is 9.54. The van der Waals surface area contributed by atoms with Crippen molar-refractivity contribution in [2.24, 2.45) is 10.3 Å². The molecule has 1 fully saturated rings. The highest BCUT2D eigenvalue weighted by atomic mass is 32.2. The molecule has 130 valence electrons. The molecule has 1 unspecified atom stereocenters. The van der Waals surface area contributed by atoms with Crippen LogP contribution < -0.4 is 10.6 Å². The van der Waals surface area contributed by atoms with Gasteiger partial charge in [-0.2, -0.15) is 8.42 Å². The maximum Gasteiger partial charge on any atom is 0.285 e. The predicted octanol–water partition coefficient (Wildman–Crippen LogP) is 0.183. The molecule has 24 heavy (non-hydrogen) atoms. The first kappa shape index (κ1) is 16.9. The fraction of sp³-hybridized carbons (Fsp3) is 0.500. The Labute approximate surface area is 142 Å². The Balaban J connectivity index is 1.57. The Kier molecular flexibility index (Phi) is 4.86. The molecule has 0 aliphatic carbocycles. The molecule has 2 N–H and O–H groups in total. The number of carbonyl (C=O) groups excluding carboxylic acids is 1. The van der Waals surface area contributed by atoms with Gasteiger partial charge in [0.05, 0.1) is 6.54 Å². The standard InChI is InChI=1S/C16H22N4O3S/c1-20(11-15(21)18-9-7-12-6-8-17-10-12)16-13-4-2-3-5-14(13)24(22,23)19-16/h2-5,12,17H,6-11H2,1H3,(H,18,21). The van der Waals surface area contributed by atoms with Gasteiger partial charge in [0.25, 0.3) is 10.0 Å². The van der Waals surface area contributed by atoms with E-state index in [2.05, 4.69) is 15.0 Å². The molecule has 1 aromatic carbocycles. The summed E-state index contributed by atoms with van der Waals surface area (Å²) >= 11 is 0. The normalized spacial score (nSPS) is 21.2. The van der Waals surface area contributed by atoms with Gasteiger partial charge in [0, 0.05) is 19.2 Å². The molecule has 8 heteroatoms. The fourth-order valence-corrected chi connectivity index (χ4v) is 4.34. The first-order chi connectivity index (χ1) is 11.5. The molecule has 2 aliphatic rings. The number of carbonyl (C=O) groups is 1. The number of nitrogens with one attached hydrogen (secondary N) is 2. The van der Waals surface area contributed by atoms with Crippen molar-refractivity contribution in [3.63, 3.8) is 0 Å². The van der Waals surface area contributed by atoms with Crippen molar-refractivity contribution in [2.45, 2.75) is 17.7 Å². The van der Waals surface area contributed by atoms with Gasteiger partial charge in [-0.15, -0.1) is 4.40 Å². The van der Waals surface area contributed by atoms with Crippen LogP contribution in [0.25, 0.3) is 0 Å². The maximum absolute atomic E-state index is 12.1. The second kappa shape index (κ2) is 6.90. The third-order valence-corrected chi connectivity index (χ3v) is 5.72. The predicted molar refractivity (Wildman–Crippen MR) is 91.4 cm³/mol. The highest BCUT2D eigenvalue weighted by molar-refractivity contribution is 7.90. The van der Waals surface area contributed by atoms with Gasteiger partial charge >= 0.3 is 0 Å². The second-order valence-electron chi connectivity index (χ2n) is 6.24. The van der Waals surface area contributed by atoms with Crippen molar-refractivity contribution >= 4 is 21.8 Å². The van der Waals surface area contributed by atoms with Crippen LogP contribution in [0.2, 0.25) is 0 Å². The third-order valence-electron chi connectivity index (χ3n) is 4.39. The Bertz CT molecular complexity index is 754. The Morgan fingerprint density at radius 2 is 2.21 bits per heavy atom. The van der Waals surface area contributed by atoms with Crippen LogP contribution in [0.4, 0.5) is 0 Å². The van der Waals surface area contributed by atoms with Crippen LogP contribution in [0.1, 0.15) is 18.4 Å². The summed E-state index contributed by atoms with van der Waals surface area (Å²) in [6.07, 6.45) is 2.11. The highest BCUT2D eigenvalue weighted by Crippen LogP contribution is 2.26. The lowest BCUT2D eigenvalue weighted by atomic mass is 10.1. The molecule has 1 atom stereocenters. The SMILES string of the molecule is CN(CC(=O)NCCC1CCNC1)C1=NS(=O)(=O)c2ccccc21. The molecule has 2 heterocycles. The van der Waals surface area contributed by atoms with Crippen LogP contribution in [0.3, 0.4) is 0 Å². The van der Waals surface area contributed by atoms with E-state index in [4.69, 9.17) is 0 Å². The monoisotopic (exact) mass is 350 g/mol. The second-order valence-corrected chi connectivity index (χ2v) is 7.81. The summed E-state index contributed by atoms with van der Waals surface area (Å²) in [5, 5.41) is 6.20. The molecule has 1 amide bonds. The van der Waals surface area contributed by atoms with Crippen molar-refractivity contribution in [1.82, 2.24) is 15.5 Å². The summed E-state index contributed by atoms with van der Waals surface area (Å²) in [4.78, 5) is 13.9. The number of fused-ring (bicyclic) bond motifs is 1. The largest absolute Gasteiger partial charge is 0.355 e. The van der Waals surface area contributed by atoms with E-state index in [9.17, 15) is 13.2 Å². The lowest BCUT2D eigenvalue weighted by Crippen LogP contribution is -2.39. The number of likely N-dealkylation sites (N-methyl/N-ethyl adjacent to an activating group) is 1.